The lowest BCUT2D eigenvalue weighted by Gasteiger charge is -2.15. The fraction of sp³-hybridized carbons (Fsp3) is 0.462. The standard InChI is InChI=1S/C13H16BrN3O3S/c1-20-8-11-6-10(7-17(11)9-15)16-21(18,19)13-5-3-2-4-12(13)14/h2-5,10-11,16H,6-8H2,1H3/t10-,11-/m1/s1. The molecule has 1 heterocycles. The average molecular weight is 374 g/mol. The number of hydrogen-bond acceptors (Lipinski definition) is 5. The number of methoxy groups -OCH3 is 1. The van der Waals surface area contributed by atoms with Crippen molar-refractivity contribution in [3.63, 3.8) is 0 Å². The molecule has 1 saturated heterocycles. The van der Waals surface area contributed by atoms with Gasteiger partial charge in [-0.25, -0.2) is 13.1 Å². The smallest absolute Gasteiger partial charge is 0.242 e. The molecule has 0 aromatic heterocycles. The number of likely N-dealkylation sites (tertiary alicyclic amines) is 1. The Morgan fingerprint density at radius 3 is 2.86 bits per heavy atom. The molecule has 114 valence electrons. The predicted octanol–water partition coefficient (Wildman–Crippen LogP) is 1.30. The third kappa shape index (κ3) is 3.74. The maximum Gasteiger partial charge on any atom is 0.242 e. The summed E-state index contributed by atoms with van der Waals surface area (Å²) in [6.07, 6.45) is 2.62. The van der Waals surface area contributed by atoms with E-state index in [1.54, 1.807) is 30.2 Å². The van der Waals surface area contributed by atoms with Gasteiger partial charge in [0.2, 0.25) is 10.0 Å². The molecule has 21 heavy (non-hydrogen) atoms. The quantitative estimate of drug-likeness (QED) is 0.786. The molecule has 1 N–H and O–H groups in total. The van der Waals surface area contributed by atoms with E-state index >= 15 is 0 Å². The van der Waals surface area contributed by atoms with E-state index in [2.05, 4.69) is 26.8 Å². The van der Waals surface area contributed by atoms with E-state index in [0.29, 0.717) is 24.0 Å². The summed E-state index contributed by atoms with van der Waals surface area (Å²) in [6, 6.07) is 6.25. The fourth-order valence-electron chi connectivity index (χ4n) is 2.42. The van der Waals surface area contributed by atoms with Gasteiger partial charge in [-0.1, -0.05) is 12.1 Å². The highest BCUT2D eigenvalue weighted by molar-refractivity contribution is 9.10. The molecule has 1 aliphatic heterocycles. The van der Waals surface area contributed by atoms with Gasteiger partial charge in [-0.2, -0.15) is 5.26 Å². The molecule has 0 bridgehead atoms. The molecule has 2 rings (SSSR count). The van der Waals surface area contributed by atoms with Crippen molar-refractivity contribution < 1.29 is 13.2 Å². The molecule has 0 unspecified atom stereocenters. The van der Waals surface area contributed by atoms with Crippen LogP contribution in [-0.2, 0) is 14.8 Å². The van der Waals surface area contributed by atoms with Crippen molar-refractivity contribution in [2.75, 3.05) is 20.3 Å². The van der Waals surface area contributed by atoms with Gasteiger partial charge in [-0.05, 0) is 34.5 Å². The lowest BCUT2D eigenvalue weighted by molar-refractivity contribution is 0.141. The Morgan fingerprint density at radius 2 is 2.24 bits per heavy atom. The number of sulfonamides is 1. The highest BCUT2D eigenvalue weighted by Gasteiger charge is 2.34. The Labute approximate surface area is 132 Å². The van der Waals surface area contributed by atoms with E-state index in [-0.39, 0.29) is 17.0 Å². The lowest BCUT2D eigenvalue weighted by atomic mass is 10.2. The SMILES string of the molecule is COC[C@H]1C[C@@H](NS(=O)(=O)c2ccccc2Br)CN1C#N. The van der Waals surface area contributed by atoms with E-state index in [4.69, 9.17) is 10.00 Å². The Bertz CT molecular complexity index is 644. The molecule has 0 saturated carbocycles. The van der Waals surface area contributed by atoms with Gasteiger partial charge in [-0.3, -0.25) is 0 Å². The number of hydrogen-bond donors (Lipinski definition) is 1. The summed E-state index contributed by atoms with van der Waals surface area (Å²) < 4.78 is 33.0. The summed E-state index contributed by atoms with van der Waals surface area (Å²) in [5.74, 6) is 0. The van der Waals surface area contributed by atoms with Gasteiger partial charge in [0, 0.05) is 24.2 Å². The summed E-state index contributed by atoms with van der Waals surface area (Å²) in [5, 5.41) is 9.08. The minimum absolute atomic E-state index is 0.0908. The number of nitrogens with zero attached hydrogens (tertiary/aromatic N) is 2. The van der Waals surface area contributed by atoms with Gasteiger partial charge in [-0.15, -0.1) is 0 Å². The van der Waals surface area contributed by atoms with Crippen molar-refractivity contribution in [1.29, 1.82) is 5.26 Å². The van der Waals surface area contributed by atoms with Crippen molar-refractivity contribution in [3.8, 4) is 6.19 Å². The van der Waals surface area contributed by atoms with Crippen molar-refractivity contribution in [2.24, 2.45) is 0 Å². The maximum absolute atomic E-state index is 12.4. The number of rotatable bonds is 5. The van der Waals surface area contributed by atoms with E-state index in [1.807, 2.05) is 0 Å². The van der Waals surface area contributed by atoms with Gasteiger partial charge in [0.25, 0.3) is 0 Å². The molecule has 2 atom stereocenters. The fourth-order valence-corrected chi connectivity index (χ4v) is 4.66. The lowest BCUT2D eigenvalue weighted by Crippen LogP contribution is -2.36. The van der Waals surface area contributed by atoms with Crippen LogP contribution < -0.4 is 4.72 Å². The van der Waals surface area contributed by atoms with Gasteiger partial charge < -0.3 is 9.64 Å². The molecular weight excluding hydrogens is 358 g/mol. The first-order chi connectivity index (χ1) is 9.97. The molecule has 0 radical (unpaired) electrons. The summed E-state index contributed by atoms with van der Waals surface area (Å²) >= 11 is 3.24. The third-order valence-corrected chi connectivity index (χ3v) is 5.88. The first-order valence-corrected chi connectivity index (χ1v) is 8.67. The van der Waals surface area contributed by atoms with E-state index in [1.165, 1.54) is 6.07 Å². The van der Waals surface area contributed by atoms with Crippen molar-refractivity contribution in [1.82, 2.24) is 9.62 Å². The largest absolute Gasteiger partial charge is 0.383 e. The predicted molar refractivity (Wildman–Crippen MR) is 80.9 cm³/mol. The monoisotopic (exact) mass is 373 g/mol. The summed E-state index contributed by atoms with van der Waals surface area (Å²) in [4.78, 5) is 1.75. The molecule has 8 heteroatoms. The molecule has 0 amide bonds. The van der Waals surface area contributed by atoms with Gasteiger partial charge in [0.15, 0.2) is 6.19 Å². The second kappa shape index (κ2) is 6.75. The van der Waals surface area contributed by atoms with Crippen LogP contribution in [0.2, 0.25) is 0 Å². The van der Waals surface area contributed by atoms with Crippen LogP contribution in [0.25, 0.3) is 0 Å². The van der Waals surface area contributed by atoms with Crippen LogP contribution in [-0.4, -0.2) is 45.7 Å². The highest BCUT2D eigenvalue weighted by Crippen LogP contribution is 2.23. The molecule has 1 fully saturated rings. The Balaban J connectivity index is 2.12. The minimum Gasteiger partial charge on any atom is -0.383 e. The van der Waals surface area contributed by atoms with Crippen molar-refractivity contribution in [2.45, 2.75) is 23.4 Å². The average Bonchev–Trinajstić information content (AvgIpc) is 2.80. The van der Waals surface area contributed by atoms with Gasteiger partial charge in [0.05, 0.1) is 17.5 Å². The first kappa shape index (κ1) is 16.2. The van der Waals surface area contributed by atoms with E-state index in [0.717, 1.165) is 0 Å². The van der Waals surface area contributed by atoms with Crippen LogP contribution in [0.1, 0.15) is 6.42 Å². The molecule has 0 aliphatic carbocycles. The maximum atomic E-state index is 12.4. The summed E-state index contributed by atoms with van der Waals surface area (Å²) in [5.41, 5.74) is 0. The van der Waals surface area contributed by atoms with E-state index in [9.17, 15) is 8.42 Å². The van der Waals surface area contributed by atoms with Crippen LogP contribution >= 0.6 is 15.9 Å². The number of nitriles is 1. The zero-order chi connectivity index (χ0) is 15.5. The molecular formula is C13H16BrN3O3S. The molecule has 1 aromatic carbocycles. The van der Waals surface area contributed by atoms with Gasteiger partial charge in [0.1, 0.15) is 0 Å². The molecule has 6 nitrogen and oxygen atoms in total. The Morgan fingerprint density at radius 1 is 1.52 bits per heavy atom. The number of ether oxygens (including phenoxy) is 1. The normalized spacial score (nSPS) is 22.2. The highest BCUT2D eigenvalue weighted by atomic mass is 79.9. The number of halogens is 1. The first-order valence-electron chi connectivity index (χ1n) is 6.40. The number of nitrogens with one attached hydrogen (secondary N) is 1. The second-order valence-electron chi connectivity index (χ2n) is 4.85. The summed E-state index contributed by atoms with van der Waals surface area (Å²) in [6.45, 7) is 0.759. The summed E-state index contributed by atoms with van der Waals surface area (Å²) in [7, 11) is -2.05. The topological polar surface area (TPSA) is 82.4 Å². The van der Waals surface area contributed by atoms with Crippen molar-refractivity contribution in [3.05, 3.63) is 28.7 Å². The zero-order valence-corrected chi connectivity index (χ0v) is 13.9. The van der Waals surface area contributed by atoms with Crippen LogP contribution in [0.5, 0.6) is 0 Å². The van der Waals surface area contributed by atoms with Crippen LogP contribution in [0.4, 0.5) is 0 Å². The van der Waals surface area contributed by atoms with Gasteiger partial charge >= 0.3 is 0 Å². The van der Waals surface area contributed by atoms with Crippen LogP contribution in [0.15, 0.2) is 33.6 Å². The number of benzene rings is 1. The minimum atomic E-state index is -3.62. The molecule has 0 spiro atoms. The van der Waals surface area contributed by atoms with Crippen LogP contribution in [0.3, 0.4) is 0 Å². The van der Waals surface area contributed by atoms with Crippen molar-refractivity contribution >= 4 is 26.0 Å². The second-order valence-corrected chi connectivity index (χ2v) is 7.38. The third-order valence-electron chi connectivity index (χ3n) is 3.35. The van der Waals surface area contributed by atoms with Crippen LogP contribution in [0, 0.1) is 11.5 Å². The Kier molecular flexibility index (Phi) is 5.22. The van der Waals surface area contributed by atoms with E-state index < -0.39 is 10.0 Å². The molecule has 1 aromatic rings. The Hall–Kier alpha value is -1.14. The molecule has 1 aliphatic rings. The zero-order valence-electron chi connectivity index (χ0n) is 11.5.